The summed E-state index contributed by atoms with van der Waals surface area (Å²) < 4.78 is 10.5. The molecule has 2 aromatic rings. The second-order valence-electron chi connectivity index (χ2n) is 6.73. The number of furan rings is 1. The Bertz CT molecular complexity index is 815. The molecule has 0 radical (unpaired) electrons. The van der Waals surface area contributed by atoms with Crippen molar-refractivity contribution in [3.8, 4) is 5.75 Å². The number of aryl methyl sites for hydroxylation is 1. The van der Waals surface area contributed by atoms with Crippen LogP contribution in [0.3, 0.4) is 0 Å². The molecule has 0 bridgehead atoms. The van der Waals surface area contributed by atoms with Crippen LogP contribution in [0.25, 0.3) is 0 Å². The Hall–Kier alpha value is -2.23. The molecular formula is C21H29IN4O3. The number of amides is 1. The average Bonchev–Trinajstić information content (AvgIpc) is 3.26. The molecule has 0 unspecified atom stereocenters. The predicted octanol–water partition coefficient (Wildman–Crippen LogP) is 3.14. The van der Waals surface area contributed by atoms with Crippen molar-refractivity contribution in [3.05, 3.63) is 53.5 Å². The van der Waals surface area contributed by atoms with Crippen molar-refractivity contribution in [2.24, 2.45) is 4.99 Å². The minimum atomic E-state index is -0.0553. The summed E-state index contributed by atoms with van der Waals surface area (Å²) in [7, 11) is 1.68. The van der Waals surface area contributed by atoms with E-state index < -0.39 is 0 Å². The van der Waals surface area contributed by atoms with Crippen LogP contribution in [0.2, 0.25) is 0 Å². The number of benzene rings is 1. The van der Waals surface area contributed by atoms with Crippen LogP contribution in [0.5, 0.6) is 5.75 Å². The molecule has 158 valence electrons. The molecule has 1 N–H and O–H groups in total. The van der Waals surface area contributed by atoms with Crippen molar-refractivity contribution in [2.75, 3.05) is 39.8 Å². The number of nitrogens with one attached hydrogen (secondary N) is 1. The quantitative estimate of drug-likeness (QED) is 0.379. The molecule has 0 spiro atoms. The second kappa shape index (κ2) is 11.1. The van der Waals surface area contributed by atoms with Crippen LogP contribution in [0.15, 0.2) is 46.0 Å². The maximum absolute atomic E-state index is 12.4. The van der Waals surface area contributed by atoms with Gasteiger partial charge in [-0.15, -0.1) is 24.0 Å². The Morgan fingerprint density at radius 3 is 2.52 bits per heavy atom. The minimum absolute atomic E-state index is 0. The summed E-state index contributed by atoms with van der Waals surface area (Å²) in [5.74, 6) is 2.10. The molecule has 1 saturated heterocycles. The van der Waals surface area contributed by atoms with Gasteiger partial charge in [0.2, 0.25) is 0 Å². The number of aliphatic imine (C=N–C) groups is 1. The van der Waals surface area contributed by atoms with Gasteiger partial charge in [-0.1, -0.05) is 12.1 Å². The fraction of sp³-hybridized carbons (Fsp3) is 0.429. The van der Waals surface area contributed by atoms with Gasteiger partial charge in [0.25, 0.3) is 5.91 Å². The first kappa shape index (κ1) is 23.1. The van der Waals surface area contributed by atoms with Crippen molar-refractivity contribution in [3.63, 3.8) is 0 Å². The van der Waals surface area contributed by atoms with Gasteiger partial charge in [-0.3, -0.25) is 4.79 Å². The molecular weight excluding hydrogens is 483 g/mol. The molecule has 1 amide bonds. The van der Waals surface area contributed by atoms with E-state index in [0.29, 0.717) is 25.4 Å². The third-order valence-electron chi connectivity index (χ3n) is 4.80. The number of hydrogen-bond donors (Lipinski definition) is 1. The van der Waals surface area contributed by atoms with Crippen LogP contribution in [-0.4, -0.2) is 61.5 Å². The van der Waals surface area contributed by atoms with E-state index in [0.717, 1.165) is 42.5 Å². The third-order valence-corrected chi connectivity index (χ3v) is 4.80. The Labute approximate surface area is 189 Å². The number of guanidine groups is 1. The summed E-state index contributed by atoms with van der Waals surface area (Å²) in [6, 6.07) is 9.56. The lowest BCUT2D eigenvalue weighted by Gasteiger charge is -2.36. The number of rotatable bonds is 5. The molecule has 2 heterocycles. The number of hydrogen-bond acceptors (Lipinski definition) is 4. The first-order chi connectivity index (χ1) is 13.6. The van der Waals surface area contributed by atoms with Gasteiger partial charge in [-0.25, -0.2) is 4.99 Å². The lowest BCUT2D eigenvalue weighted by atomic mass is 10.1. The van der Waals surface area contributed by atoms with Crippen molar-refractivity contribution in [2.45, 2.75) is 20.4 Å². The Morgan fingerprint density at radius 2 is 1.93 bits per heavy atom. The summed E-state index contributed by atoms with van der Waals surface area (Å²) in [4.78, 5) is 21.2. The van der Waals surface area contributed by atoms with Crippen LogP contribution < -0.4 is 10.1 Å². The van der Waals surface area contributed by atoms with Gasteiger partial charge in [0.1, 0.15) is 5.75 Å². The maximum atomic E-state index is 12.4. The molecule has 8 heteroatoms. The monoisotopic (exact) mass is 512 g/mol. The molecule has 29 heavy (non-hydrogen) atoms. The number of halogens is 1. The molecule has 0 atom stereocenters. The normalized spacial score (nSPS) is 14.4. The summed E-state index contributed by atoms with van der Waals surface area (Å²) in [6.45, 7) is 8.25. The van der Waals surface area contributed by atoms with E-state index in [1.54, 1.807) is 19.2 Å². The van der Waals surface area contributed by atoms with Crippen LogP contribution in [0.4, 0.5) is 0 Å². The van der Waals surface area contributed by atoms with E-state index in [1.165, 1.54) is 6.26 Å². The Kier molecular flexibility index (Phi) is 8.81. The molecule has 3 rings (SSSR count). The fourth-order valence-corrected chi connectivity index (χ4v) is 3.31. The Morgan fingerprint density at radius 1 is 1.21 bits per heavy atom. The van der Waals surface area contributed by atoms with Gasteiger partial charge in [0.15, 0.2) is 11.7 Å². The van der Waals surface area contributed by atoms with E-state index in [-0.39, 0.29) is 29.9 Å². The first-order valence-electron chi connectivity index (χ1n) is 9.62. The highest BCUT2D eigenvalue weighted by atomic mass is 127. The molecule has 1 fully saturated rings. The van der Waals surface area contributed by atoms with E-state index in [2.05, 4.69) is 23.2 Å². The Balaban J connectivity index is 0.00000300. The highest BCUT2D eigenvalue weighted by molar-refractivity contribution is 14.0. The number of ether oxygens (including phenoxy) is 1. The molecule has 1 aromatic carbocycles. The topological polar surface area (TPSA) is 70.3 Å². The lowest BCUT2D eigenvalue weighted by molar-refractivity contribution is 0.0657. The van der Waals surface area contributed by atoms with Gasteiger partial charge in [-0.05, 0) is 43.2 Å². The third kappa shape index (κ3) is 5.88. The number of carbonyl (C=O) groups is 1. The van der Waals surface area contributed by atoms with Gasteiger partial charge in [0, 0.05) is 32.7 Å². The van der Waals surface area contributed by atoms with E-state index in [9.17, 15) is 4.79 Å². The fourth-order valence-electron chi connectivity index (χ4n) is 3.31. The van der Waals surface area contributed by atoms with Crippen LogP contribution in [-0.2, 0) is 6.54 Å². The largest absolute Gasteiger partial charge is 0.496 e. The summed E-state index contributed by atoms with van der Waals surface area (Å²) in [6.07, 6.45) is 1.53. The molecule has 1 aliphatic heterocycles. The van der Waals surface area contributed by atoms with E-state index in [1.807, 2.05) is 24.0 Å². The number of piperazine rings is 1. The summed E-state index contributed by atoms with van der Waals surface area (Å²) in [5, 5.41) is 3.36. The van der Waals surface area contributed by atoms with Crippen molar-refractivity contribution in [1.29, 1.82) is 0 Å². The lowest BCUT2D eigenvalue weighted by Crippen LogP contribution is -2.53. The van der Waals surface area contributed by atoms with Crippen LogP contribution in [0.1, 0.15) is 28.6 Å². The van der Waals surface area contributed by atoms with Gasteiger partial charge in [-0.2, -0.15) is 0 Å². The SMILES string of the molecule is CCNC(=NCc1ccc(OC)c(C)c1)N1CCN(C(=O)c2ccco2)CC1.I. The first-order valence-corrected chi connectivity index (χ1v) is 9.62. The minimum Gasteiger partial charge on any atom is -0.496 e. The van der Waals surface area contributed by atoms with Crippen molar-refractivity contribution in [1.82, 2.24) is 15.1 Å². The standard InChI is InChI=1S/C21H28N4O3.HI/c1-4-22-21(23-15-17-7-8-18(27-3)16(2)14-17)25-11-9-24(10-12-25)20(26)19-6-5-13-28-19;/h5-8,13-14H,4,9-12,15H2,1-3H3,(H,22,23);1H. The van der Waals surface area contributed by atoms with Crippen LogP contribution in [0, 0.1) is 6.92 Å². The van der Waals surface area contributed by atoms with Crippen molar-refractivity contribution < 1.29 is 13.9 Å². The average molecular weight is 512 g/mol. The van der Waals surface area contributed by atoms with Gasteiger partial charge in [0.05, 0.1) is 19.9 Å². The van der Waals surface area contributed by atoms with Crippen LogP contribution >= 0.6 is 24.0 Å². The zero-order chi connectivity index (χ0) is 19.9. The van der Waals surface area contributed by atoms with E-state index in [4.69, 9.17) is 14.1 Å². The number of carbonyl (C=O) groups excluding carboxylic acids is 1. The molecule has 7 nitrogen and oxygen atoms in total. The second-order valence-corrected chi connectivity index (χ2v) is 6.73. The summed E-state index contributed by atoms with van der Waals surface area (Å²) >= 11 is 0. The number of nitrogens with zero attached hydrogens (tertiary/aromatic N) is 3. The number of methoxy groups -OCH3 is 1. The highest BCUT2D eigenvalue weighted by Gasteiger charge is 2.25. The summed E-state index contributed by atoms with van der Waals surface area (Å²) in [5.41, 5.74) is 2.24. The van der Waals surface area contributed by atoms with E-state index >= 15 is 0 Å². The highest BCUT2D eigenvalue weighted by Crippen LogP contribution is 2.19. The van der Waals surface area contributed by atoms with Gasteiger partial charge >= 0.3 is 0 Å². The molecule has 0 saturated carbocycles. The van der Waals surface area contributed by atoms with Crippen molar-refractivity contribution >= 4 is 35.8 Å². The smallest absolute Gasteiger partial charge is 0.289 e. The molecule has 0 aliphatic carbocycles. The molecule has 1 aromatic heterocycles. The zero-order valence-electron chi connectivity index (χ0n) is 17.2. The maximum Gasteiger partial charge on any atom is 0.289 e. The molecule has 1 aliphatic rings. The van der Waals surface area contributed by atoms with Gasteiger partial charge < -0.3 is 24.3 Å². The zero-order valence-corrected chi connectivity index (χ0v) is 19.5. The predicted molar refractivity (Wildman–Crippen MR) is 124 cm³/mol.